The molecule has 1 saturated heterocycles. The Balaban J connectivity index is 1.57. The van der Waals surface area contributed by atoms with E-state index in [0.717, 1.165) is 43.0 Å². The number of hydrogen-bond acceptors (Lipinski definition) is 5. The molecular weight excluding hydrogens is 320 g/mol. The summed E-state index contributed by atoms with van der Waals surface area (Å²) in [5.74, 6) is 1.41. The Kier molecular flexibility index (Phi) is 4.03. The van der Waals surface area contributed by atoms with Gasteiger partial charge in [-0.25, -0.2) is 0 Å². The Hall–Kier alpha value is -1.40. The molecule has 1 aromatic heterocycles. The zero-order valence-corrected chi connectivity index (χ0v) is 13.0. The van der Waals surface area contributed by atoms with Gasteiger partial charge in [0.25, 0.3) is 0 Å². The summed E-state index contributed by atoms with van der Waals surface area (Å²) in [5.41, 5.74) is 1.27. The van der Waals surface area contributed by atoms with Gasteiger partial charge in [-0.05, 0) is 18.2 Å². The fourth-order valence-corrected chi connectivity index (χ4v) is 2.83. The van der Waals surface area contributed by atoms with Crippen molar-refractivity contribution in [2.24, 2.45) is 0 Å². The third-order valence-electron chi connectivity index (χ3n) is 3.48. The van der Waals surface area contributed by atoms with Gasteiger partial charge in [0.2, 0.25) is 5.89 Å². The molecule has 0 bridgehead atoms. The standard InChI is InChI=1S/C14H17BrN4O/c1-11-16-14(17-20-11)10-18-5-7-19(8-6-18)13-4-2-3-12(15)9-13/h2-4,9H,5-8,10H2,1H3. The van der Waals surface area contributed by atoms with Crippen LogP contribution in [0.5, 0.6) is 0 Å². The molecule has 0 unspecified atom stereocenters. The molecule has 1 aliphatic heterocycles. The molecule has 0 radical (unpaired) electrons. The van der Waals surface area contributed by atoms with Crippen LogP contribution in [-0.4, -0.2) is 41.2 Å². The van der Waals surface area contributed by atoms with E-state index < -0.39 is 0 Å². The Morgan fingerprint density at radius 2 is 2.05 bits per heavy atom. The Morgan fingerprint density at radius 1 is 1.25 bits per heavy atom. The number of aryl methyl sites for hydroxylation is 1. The van der Waals surface area contributed by atoms with Gasteiger partial charge in [0.15, 0.2) is 5.82 Å². The quantitative estimate of drug-likeness (QED) is 0.861. The molecule has 0 amide bonds. The van der Waals surface area contributed by atoms with E-state index in [4.69, 9.17) is 4.52 Å². The monoisotopic (exact) mass is 336 g/mol. The minimum atomic E-state index is 0.632. The summed E-state index contributed by atoms with van der Waals surface area (Å²) in [6.45, 7) is 6.66. The van der Waals surface area contributed by atoms with Gasteiger partial charge in [0, 0.05) is 43.3 Å². The average molecular weight is 337 g/mol. The number of rotatable bonds is 3. The molecular formula is C14H17BrN4O. The number of anilines is 1. The molecule has 3 rings (SSSR count). The molecule has 0 aliphatic carbocycles. The average Bonchev–Trinajstić information content (AvgIpc) is 2.85. The molecule has 0 N–H and O–H groups in total. The molecule has 1 aromatic carbocycles. The second-order valence-electron chi connectivity index (χ2n) is 4.97. The lowest BCUT2D eigenvalue weighted by Gasteiger charge is -2.35. The highest BCUT2D eigenvalue weighted by molar-refractivity contribution is 9.10. The van der Waals surface area contributed by atoms with Crippen LogP contribution < -0.4 is 4.90 Å². The highest BCUT2D eigenvalue weighted by Crippen LogP contribution is 2.21. The molecule has 2 heterocycles. The van der Waals surface area contributed by atoms with Crippen LogP contribution in [0.3, 0.4) is 0 Å². The first-order chi connectivity index (χ1) is 9.70. The van der Waals surface area contributed by atoms with Crippen molar-refractivity contribution < 1.29 is 4.52 Å². The summed E-state index contributed by atoms with van der Waals surface area (Å²) in [5, 5.41) is 3.95. The molecule has 0 spiro atoms. The predicted octanol–water partition coefficient (Wildman–Crippen LogP) is 2.46. The molecule has 1 aliphatic rings. The molecule has 0 saturated carbocycles. The third-order valence-corrected chi connectivity index (χ3v) is 3.97. The predicted molar refractivity (Wildman–Crippen MR) is 80.7 cm³/mol. The second-order valence-corrected chi connectivity index (χ2v) is 5.89. The fraction of sp³-hybridized carbons (Fsp3) is 0.429. The van der Waals surface area contributed by atoms with E-state index in [1.54, 1.807) is 0 Å². The molecule has 20 heavy (non-hydrogen) atoms. The highest BCUT2D eigenvalue weighted by Gasteiger charge is 2.18. The van der Waals surface area contributed by atoms with Crippen molar-refractivity contribution in [2.75, 3.05) is 31.1 Å². The molecule has 6 heteroatoms. The van der Waals surface area contributed by atoms with Crippen molar-refractivity contribution in [1.82, 2.24) is 15.0 Å². The van der Waals surface area contributed by atoms with Crippen LogP contribution in [0.1, 0.15) is 11.7 Å². The van der Waals surface area contributed by atoms with Crippen LogP contribution in [0.25, 0.3) is 0 Å². The number of hydrogen-bond donors (Lipinski definition) is 0. The summed E-state index contributed by atoms with van der Waals surface area (Å²) >= 11 is 3.52. The number of piperazine rings is 1. The summed E-state index contributed by atoms with van der Waals surface area (Å²) in [6.07, 6.45) is 0. The third kappa shape index (κ3) is 3.19. The summed E-state index contributed by atoms with van der Waals surface area (Å²) in [7, 11) is 0. The Morgan fingerprint density at radius 3 is 2.70 bits per heavy atom. The van der Waals surface area contributed by atoms with E-state index in [1.165, 1.54) is 5.69 Å². The van der Waals surface area contributed by atoms with Gasteiger partial charge in [-0.1, -0.05) is 27.2 Å². The van der Waals surface area contributed by atoms with E-state index in [9.17, 15) is 0 Å². The van der Waals surface area contributed by atoms with E-state index in [0.29, 0.717) is 5.89 Å². The lowest BCUT2D eigenvalue weighted by atomic mass is 10.2. The van der Waals surface area contributed by atoms with Crippen molar-refractivity contribution >= 4 is 21.6 Å². The van der Waals surface area contributed by atoms with Crippen molar-refractivity contribution in [3.05, 3.63) is 40.5 Å². The van der Waals surface area contributed by atoms with Gasteiger partial charge < -0.3 is 9.42 Å². The van der Waals surface area contributed by atoms with Gasteiger partial charge in [-0.2, -0.15) is 4.98 Å². The van der Waals surface area contributed by atoms with E-state index in [2.05, 4.69) is 60.1 Å². The fourth-order valence-electron chi connectivity index (χ4n) is 2.44. The zero-order valence-electron chi connectivity index (χ0n) is 11.4. The van der Waals surface area contributed by atoms with Gasteiger partial charge >= 0.3 is 0 Å². The van der Waals surface area contributed by atoms with Crippen molar-refractivity contribution in [2.45, 2.75) is 13.5 Å². The number of nitrogens with zero attached hydrogens (tertiary/aromatic N) is 4. The van der Waals surface area contributed by atoms with Crippen molar-refractivity contribution in [3.63, 3.8) is 0 Å². The van der Waals surface area contributed by atoms with E-state index in [-0.39, 0.29) is 0 Å². The van der Waals surface area contributed by atoms with Crippen LogP contribution in [0.15, 0.2) is 33.3 Å². The highest BCUT2D eigenvalue weighted by atomic mass is 79.9. The van der Waals surface area contributed by atoms with Gasteiger partial charge in [0.05, 0.1) is 6.54 Å². The van der Waals surface area contributed by atoms with Crippen molar-refractivity contribution in [3.8, 4) is 0 Å². The normalized spacial score (nSPS) is 16.6. The van der Waals surface area contributed by atoms with Crippen LogP contribution in [0.4, 0.5) is 5.69 Å². The number of aromatic nitrogens is 2. The zero-order chi connectivity index (χ0) is 13.9. The summed E-state index contributed by atoms with van der Waals surface area (Å²) < 4.78 is 6.13. The summed E-state index contributed by atoms with van der Waals surface area (Å²) in [6, 6.07) is 8.45. The lowest BCUT2D eigenvalue weighted by molar-refractivity contribution is 0.240. The van der Waals surface area contributed by atoms with Crippen LogP contribution in [0.2, 0.25) is 0 Å². The largest absolute Gasteiger partial charge is 0.369 e. The minimum Gasteiger partial charge on any atom is -0.369 e. The van der Waals surface area contributed by atoms with Crippen molar-refractivity contribution in [1.29, 1.82) is 0 Å². The number of benzene rings is 1. The van der Waals surface area contributed by atoms with Crippen LogP contribution in [0, 0.1) is 6.92 Å². The minimum absolute atomic E-state index is 0.632. The molecule has 1 fully saturated rings. The van der Waals surface area contributed by atoms with Crippen LogP contribution in [-0.2, 0) is 6.54 Å². The van der Waals surface area contributed by atoms with Gasteiger partial charge in [-0.3, -0.25) is 4.90 Å². The molecule has 0 atom stereocenters. The van der Waals surface area contributed by atoms with E-state index in [1.807, 2.05) is 6.92 Å². The lowest BCUT2D eigenvalue weighted by Crippen LogP contribution is -2.46. The Labute approximate surface area is 126 Å². The first kappa shape index (κ1) is 13.6. The molecule has 106 valence electrons. The maximum atomic E-state index is 5.01. The van der Waals surface area contributed by atoms with Gasteiger partial charge in [-0.15, -0.1) is 0 Å². The molecule has 5 nitrogen and oxygen atoms in total. The number of halogens is 1. The maximum Gasteiger partial charge on any atom is 0.223 e. The topological polar surface area (TPSA) is 45.4 Å². The maximum absolute atomic E-state index is 5.01. The first-order valence-corrected chi connectivity index (χ1v) is 7.52. The Bertz CT molecular complexity index is 578. The first-order valence-electron chi connectivity index (χ1n) is 6.73. The van der Waals surface area contributed by atoms with Crippen LogP contribution >= 0.6 is 15.9 Å². The SMILES string of the molecule is Cc1nc(CN2CCN(c3cccc(Br)c3)CC2)no1. The smallest absolute Gasteiger partial charge is 0.223 e. The summed E-state index contributed by atoms with van der Waals surface area (Å²) in [4.78, 5) is 9.02. The van der Waals surface area contributed by atoms with E-state index >= 15 is 0 Å². The second kappa shape index (κ2) is 5.93. The molecule has 2 aromatic rings. The van der Waals surface area contributed by atoms with Gasteiger partial charge in [0.1, 0.15) is 0 Å².